The molecule has 0 amide bonds. The van der Waals surface area contributed by atoms with Crippen molar-refractivity contribution >= 4 is 5.69 Å². The predicted molar refractivity (Wildman–Crippen MR) is 88.8 cm³/mol. The Kier molecular flexibility index (Phi) is 4.61. The van der Waals surface area contributed by atoms with Gasteiger partial charge in [0.05, 0.1) is 0 Å². The Bertz CT molecular complexity index is 522. The molecule has 1 N–H and O–H groups in total. The number of hydrogen-bond donors (Lipinski definition) is 1. The Morgan fingerprint density at radius 2 is 1.71 bits per heavy atom. The molecule has 0 spiro atoms. The van der Waals surface area contributed by atoms with E-state index in [9.17, 15) is 0 Å². The fraction of sp³-hybridized carbons (Fsp3) is 0.444. The minimum atomic E-state index is 0.669. The van der Waals surface area contributed by atoms with Crippen molar-refractivity contribution in [1.29, 1.82) is 0 Å². The number of aromatic nitrogens is 1. The van der Waals surface area contributed by atoms with Crippen molar-refractivity contribution in [2.24, 2.45) is 0 Å². The smallest absolute Gasteiger partial charge is 0.0366 e. The number of piperidine rings is 1. The summed E-state index contributed by atoms with van der Waals surface area (Å²) in [4.78, 5) is 2.50. The first kappa shape index (κ1) is 14.2. The molecule has 1 aromatic carbocycles. The molecule has 0 atom stereocenters. The van der Waals surface area contributed by atoms with Crippen LogP contribution in [0.3, 0.4) is 0 Å². The molecule has 0 radical (unpaired) electrons. The van der Waals surface area contributed by atoms with E-state index in [0.29, 0.717) is 6.04 Å². The van der Waals surface area contributed by atoms with E-state index in [0.717, 1.165) is 26.2 Å². The maximum absolute atomic E-state index is 3.69. The summed E-state index contributed by atoms with van der Waals surface area (Å²) in [6.07, 6.45) is 6.72. The topological polar surface area (TPSA) is 20.2 Å². The van der Waals surface area contributed by atoms with Crippen molar-refractivity contribution in [2.75, 3.05) is 24.5 Å². The number of rotatable bonds is 5. The highest BCUT2D eigenvalue weighted by molar-refractivity contribution is 5.47. The third-order valence-electron chi connectivity index (χ3n) is 4.36. The van der Waals surface area contributed by atoms with Gasteiger partial charge in [0.2, 0.25) is 0 Å². The molecule has 21 heavy (non-hydrogen) atoms. The molecular weight excluding hydrogens is 258 g/mol. The number of nitrogens with zero attached hydrogens (tertiary/aromatic N) is 2. The zero-order chi connectivity index (χ0) is 14.5. The van der Waals surface area contributed by atoms with E-state index >= 15 is 0 Å². The third kappa shape index (κ3) is 3.88. The van der Waals surface area contributed by atoms with Gasteiger partial charge >= 0.3 is 0 Å². The van der Waals surface area contributed by atoms with Gasteiger partial charge in [-0.25, -0.2) is 0 Å². The van der Waals surface area contributed by atoms with Crippen LogP contribution in [0.15, 0.2) is 48.8 Å². The van der Waals surface area contributed by atoms with Gasteiger partial charge in [0, 0.05) is 50.3 Å². The molecule has 0 bridgehead atoms. The molecule has 1 fully saturated rings. The van der Waals surface area contributed by atoms with Crippen LogP contribution in [0.25, 0.3) is 0 Å². The Morgan fingerprint density at radius 1 is 1.05 bits per heavy atom. The summed E-state index contributed by atoms with van der Waals surface area (Å²) < 4.78 is 2.23. The molecule has 2 heterocycles. The van der Waals surface area contributed by atoms with Crippen LogP contribution in [0.1, 0.15) is 18.4 Å². The van der Waals surface area contributed by atoms with E-state index in [2.05, 4.69) is 70.5 Å². The van der Waals surface area contributed by atoms with Crippen LogP contribution in [-0.2, 0) is 6.54 Å². The molecule has 1 aliphatic rings. The lowest BCUT2D eigenvalue weighted by atomic mass is 10.0. The fourth-order valence-corrected chi connectivity index (χ4v) is 3.01. The van der Waals surface area contributed by atoms with Crippen molar-refractivity contribution in [3.05, 3.63) is 54.4 Å². The third-order valence-corrected chi connectivity index (χ3v) is 4.36. The number of benzene rings is 1. The standard InChI is InChI=1S/C18H25N3/c1-16-4-6-18(7-5-16)21-13-8-17(9-14-21)19-10-15-20-11-2-3-12-20/h2-7,11-12,17,19H,8-10,13-15H2,1H3. The molecule has 1 aliphatic heterocycles. The highest BCUT2D eigenvalue weighted by Gasteiger charge is 2.18. The highest BCUT2D eigenvalue weighted by Crippen LogP contribution is 2.20. The van der Waals surface area contributed by atoms with Crippen molar-refractivity contribution in [3.8, 4) is 0 Å². The normalized spacial score (nSPS) is 16.3. The molecule has 112 valence electrons. The number of hydrogen-bond acceptors (Lipinski definition) is 2. The number of anilines is 1. The molecule has 1 aromatic heterocycles. The van der Waals surface area contributed by atoms with Crippen LogP contribution in [0.4, 0.5) is 5.69 Å². The molecule has 2 aromatic rings. The van der Waals surface area contributed by atoms with Gasteiger partial charge in [0.15, 0.2) is 0 Å². The summed E-state index contributed by atoms with van der Waals surface area (Å²) in [5.74, 6) is 0. The summed E-state index contributed by atoms with van der Waals surface area (Å²) >= 11 is 0. The first-order valence-electron chi connectivity index (χ1n) is 7.97. The summed E-state index contributed by atoms with van der Waals surface area (Å²) in [7, 11) is 0. The second kappa shape index (κ2) is 6.81. The summed E-state index contributed by atoms with van der Waals surface area (Å²) in [6, 6.07) is 13.7. The van der Waals surface area contributed by atoms with Gasteiger partial charge < -0.3 is 14.8 Å². The molecule has 0 saturated carbocycles. The van der Waals surface area contributed by atoms with Crippen LogP contribution in [0, 0.1) is 6.92 Å². The van der Waals surface area contributed by atoms with Gasteiger partial charge in [-0.05, 0) is 44.0 Å². The van der Waals surface area contributed by atoms with Crippen molar-refractivity contribution in [2.45, 2.75) is 32.4 Å². The fourth-order valence-electron chi connectivity index (χ4n) is 3.01. The average Bonchev–Trinajstić information content (AvgIpc) is 3.02. The summed E-state index contributed by atoms with van der Waals surface area (Å²) in [5.41, 5.74) is 2.70. The van der Waals surface area contributed by atoms with E-state index in [1.807, 2.05) is 0 Å². The van der Waals surface area contributed by atoms with Gasteiger partial charge in [-0.15, -0.1) is 0 Å². The first-order valence-corrected chi connectivity index (χ1v) is 7.97. The minimum Gasteiger partial charge on any atom is -0.371 e. The molecular formula is C18H25N3. The number of aryl methyl sites for hydroxylation is 1. The first-order chi connectivity index (χ1) is 10.3. The molecule has 3 nitrogen and oxygen atoms in total. The lowest BCUT2D eigenvalue weighted by Crippen LogP contribution is -2.43. The largest absolute Gasteiger partial charge is 0.371 e. The van der Waals surface area contributed by atoms with E-state index < -0.39 is 0 Å². The maximum atomic E-state index is 3.69. The zero-order valence-corrected chi connectivity index (χ0v) is 12.8. The minimum absolute atomic E-state index is 0.669. The maximum Gasteiger partial charge on any atom is 0.0366 e. The van der Waals surface area contributed by atoms with E-state index in [1.165, 1.54) is 24.1 Å². The Morgan fingerprint density at radius 3 is 2.38 bits per heavy atom. The van der Waals surface area contributed by atoms with Gasteiger partial charge in [-0.2, -0.15) is 0 Å². The lowest BCUT2D eigenvalue weighted by Gasteiger charge is -2.34. The van der Waals surface area contributed by atoms with Crippen LogP contribution >= 0.6 is 0 Å². The van der Waals surface area contributed by atoms with Crippen LogP contribution in [0.2, 0.25) is 0 Å². The van der Waals surface area contributed by atoms with Crippen molar-refractivity contribution in [3.63, 3.8) is 0 Å². The van der Waals surface area contributed by atoms with Crippen molar-refractivity contribution in [1.82, 2.24) is 9.88 Å². The second-order valence-electron chi connectivity index (χ2n) is 5.97. The number of nitrogens with one attached hydrogen (secondary N) is 1. The Labute approximate surface area is 127 Å². The van der Waals surface area contributed by atoms with Crippen LogP contribution in [-0.4, -0.2) is 30.2 Å². The molecule has 0 aliphatic carbocycles. The van der Waals surface area contributed by atoms with E-state index in [4.69, 9.17) is 0 Å². The Hall–Kier alpha value is -1.74. The highest BCUT2D eigenvalue weighted by atomic mass is 15.1. The molecule has 0 unspecified atom stereocenters. The summed E-state index contributed by atoms with van der Waals surface area (Å²) in [5, 5.41) is 3.69. The predicted octanol–water partition coefficient (Wildman–Crippen LogP) is 3.06. The van der Waals surface area contributed by atoms with Crippen LogP contribution in [0.5, 0.6) is 0 Å². The van der Waals surface area contributed by atoms with Gasteiger partial charge in [-0.1, -0.05) is 17.7 Å². The zero-order valence-electron chi connectivity index (χ0n) is 12.8. The lowest BCUT2D eigenvalue weighted by molar-refractivity contribution is 0.406. The van der Waals surface area contributed by atoms with E-state index in [1.54, 1.807) is 0 Å². The molecule has 1 saturated heterocycles. The van der Waals surface area contributed by atoms with Gasteiger partial charge in [0.25, 0.3) is 0 Å². The quantitative estimate of drug-likeness (QED) is 0.910. The Balaban J connectivity index is 1.41. The molecule has 3 heteroatoms. The second-order valence-corrected chi connectivity index (χ2v) is 5.97. The monoisotopic (exact) mass is 283 g/mol. The van der Waals surface area contributed by atoms with Crippen LogP contribution < -0.4 is 10.2 Å². The van der Waals surface area contributed by atoms with Crippen molar-refractivity contribution < 1.29 is 0 Å². The average molecular weight is 283 g/mol. The van der Waals surface area contributed by atoms with E-state index in [-0.39, 0.29) is 0 Å². The van der Waals surface area contributed by atoms with Gasteiger partial charge in [0.1, 0.15) is 0 Å². The molecule has 3 rings (SSSR count). The SMILES string of the molecule is Cc1ccc(N2CCC(NCCn3cccc3)CC2)cc1. The summed E-state index contributed by atoms with van der Waals surface area (Å²) in [6.45, 7) is 6.58. The van der Waals surface area contributed by atoms with Gasteiger partial charge in [-0.3, -0.25) is 0 Å².